The maximum Gasteiger partial charge on any atom is 0.197 e. The first-order chi connectivity index (χ1) is 11.4. The third-order valence-corrected chi connectivity index (χ3v) is 4.75. The largest absolute Gasteiger partial charge is 0.343 e. The number of hydrogen-bond donors (Lipinski definition) is 0. The Morgan fingerprint density at radius 3 is 2.00 bits per heavy atom. The Labute approximate surface area is 138 Å². The minimum atomic E-state index is 0.247. The molecule has 23 heavy (non-hydrogen) atoms. The fraction of sp³-hybridized carbons (Fsp3) is 0.350. The summed E-state index contributed by atoms with van der Waals surface area (Å²) >= 11 is 0. The maximum absolute atomic E-state index is 4.87. The molecule has 0 unspecified atom stereocenters. The highest BCUT2D eigenvalue weighted by Gasteiger charge is 2.32. The van der Waals surface area contributed by atoms with Gasteiger partial charge in [-0.2, -0.15) is 0 Å². The molecular weight excluding hydrogens is 282 g/mol. The number of aliphatic imine (C=N–C) groups is 1. The van der Waals surface area contributed by atoms with E-state index in [0.29, 0.717) is 0 Å². The van der Waals surface area contributed by atoms with Crippen molar-refractivity contribution in [3.63, 3.8) is 0 Å². The van der Waals surface area contributed by atoms with Gasteiger partial charge < -0.3 is 9.80 Å². The van der Waals surface area contributed by atoms with Crippen LogP contribution >= 0.6 is 0 Å². The van der Waals surface area contributed by atoms with E-state index < -0.39 is 0 Å². The number of benzene rings is 2. The van der Waals surface area contributed by atoms with Crippen LogP contribution in [0, 0.1) is 0 Å². The van der Waals surface area contributed by atoms with Gasteiger partial charge >= 0.3 is 0 Å². The monoisotopic (exact) mass is 305 g/mol. The highest BCUT2D eigenvalue weighted by Crippen LogP contribution is 2.32. The number of hydrogen-bond acceptors (Lipinski definition) is 3. The summed E-state index contributed by atoms with van der Waals surface area (Å²) in [6.45, 7) is 4.32. The van der Waals surface area contributed by atoms with Crippen LogP contribution in [0.3, 0.4) is 0 Å². The first-order valence-corrected chi connectivity index (χ1v) is 8.59. The molecule has 1 saturated heterocycles. The third kappa shape index (κ3) is 2.83. The van der Waals surface area contributed by atoms with E-state index in [1.807, 2.05) is 0 Å². The Morgan fingerprint density at radius 2 is 1.35 bits per heavy atom. The average molecular weight is 305 g/mol. The van der Waals surface area contributed by atoms with Gasteiger partial charge in [0, 0.05) is 26.2 Å². The molecule has 0 aliphatic carbocycles. The van der Waals surface area contributed by atoms with Crippen LogP contribution in [0.4, 0.5) is 0 Å². The molecule has 0 saturated carbocycles. The van der Waals surface area contributed by atoms with Crippen LogP contribution in [-0.4, -0.2) is 41.9 Å². The molecule has 2 aliphatic rings. The van der Waals surface area contributed by atoms with E-state index in [2.05, 4.69) is 70.5 Å². The van der Waals surface area contributed by atoms with Gasteiger partial charge in [0.05, 0.1) is 6.04 Å². The van der Waals surface area contributed by atoms with E-state index in [4.69, 9.17) is 4.99 Å². The van der Waals surface area contributed by atoms with Crippen molar-refractivity contribution in [2.75, 3.05) is 26.2 Å². The molecule has 3 nitrogen and oxygen atoms in total. The first kappa shape index (κ1) is 14.3. The van der Waals surface area contributed by atoms with E-state index in [1.54, 1.807) is 0 Å². The summed E-state index contributed by atoms with van der Waals surface area (Å²) in [7, 11) is 0. The van der Waals surface area contributed by atoms with Gasteiger partial charge in [0.2, 0.25) is 0 Å². The number of rotatable bonds is 3. The van der Waals surface area contributed by atoms with Crippen molar-refractivity contribution in [1.82, 2.24) is 9.80 Å². The van der Waals surface area contributed by atoms with E-state index in [1.165, 1.54) is 29.9 Å². The average Bonchev–Trinajstić information content (AvgIpc) is 2.64. The van der Waals surface area contributed by atoms with Crippen LogP contribution in [-0.2, 0) is 0 Å². The third-order valence-electron chi connectivity index (χ3n) is 4.75. The lowest BCUT2D eigenvalue weighted by molar-refractivity contribution is 0.218. The number of guanidine groups is 1. The summed E-state index contributed by atoms with van der Waals surface area (Å²) < 4.78 is 0. The highest BCUT2D eigenvalue weighted by atomic mass is 15.4. The lowest BCUT2D eigenvalue weighted by atomic mass is 9.96. The topological polar surface area (TPSA) is 18.8 Å². The molecule has 0 bridgehead atoms. The predicted molar refractivity (Wildman–Crippen MR) is 94.5 cm³/mol. The van der Waals surface area contributed by atoms with Gasteiger partial charge in [-0.3, -0.25) is 4.99 Å². The van der Waals surface area contributed by atoms with Crippen LogP contribution in [0.1, 0.15) is 30.0 Å². The summed E-state index contributed by atoms with van der Waals surface area (Å²) in [5.41, 5.74) is 2.68. The standard InChI is InChI=1S/C20H23N3/c1-3-9-17(10-4-1)19(18-11-5-2-6-12-18)23-16-8-15-22-14-7-13-21-20(22)23/h1-6,9-12,19H,7-8,13-16H2. The Hall–Kier alpha value is -2.29. The van der Waals surface area contributed by atoms with E-state index in [-0.39, 0.29) is 6.04 Å². The number of fused-ring (bicyclic) bond motifs is 1. The molecule has 1 fully saturated rings. The van der Waals surface area contributed by atoms with Gasteiger partial charge in [-0.15, -0.1) is 0 Å². The predicted octanol–water partition coefficient (Wildman–Crippen LogP) is 3.54. The first-order valence-electron chi connectivity index (χ1n) is 8.59. The zero-order valence-corrected chi connectivity index (χ0v) is 13.4. The van der Waals surface area contributed by atoms with Crippen LogP contribution in [0.25, 0.3) is 0 Å². The van der Waals surface area contributed by atoms with Gasteiger partial charge in [-0.1, -0.05) is 60.7 Å². The summed E-state index contributed by atoms with van der Waals surface area (Å²) in [5.74, 6) is 1.19. The van der Waals surface area contributed by atoms with Crippen LogP contribution in [0.5, 0.6) is 0 Å². The quantitative estimate of drug-likeness (QED) is 0.863. The highest BCUT2D eigenvalue weighted by molar-refractivity contribution is 5.82. The second-order valence-electron chi connectivity index (χ2n) is 6.29. The van der Waals surface area contributed by atoms with Gasteiger partial charge in [0.25, 0.3) is 0 Å². The van der Waals surface area contributed by atoms with Gasteiger partial charge in [-0.05, 0) is 24.0 Å². The van der Waals surface area contributed by atoms with Crippen molar-refractivity contribution in [3.05, 3.63) is 71.8 Å². The SMILES string of the molecule is c1ccc(C(c2ccccc2)N2CCCN3CCCN=C32)cc1. The summed E-state index contributed by atoms with van der Waals surface area (Å²) in [4.78, 5) is 9.84. The van der Waals surface area contributed by atoms with Crippen molar-refractivity contribution < 1.29 is 0 Å². The Kier molecular flexibility index (Phi) is 4.01. The molecule has 2 aromatic carbocycles. The molecule has 3 heteroatoms. The van der Waals surface area contributed by atoms with Crippen molar-refractivity contribution in [3.8, 4) is 0 Å². The van der Waals surface area contributed by atoms with Crippen molar-refractivity contribution >= 4 is 5.96 Å². The fourth-order valence-electron chi connectivity index (χ4n) is 3.72. The Morgan fingerprint density at radius 1 is 0.739 bits per heavy atom. The second-order valence-corrected chi connectivity index (χ2v) is 6.29. The summed E-state index contributed by atoms with van der Waals surface area (Å²) in [6.07, 6.45) is 2.38. The molecule has 0 atom stereocenters. The molecular formula is C20H23N3. The molecule has 2 heterocycles. The van der Waals surface area contributed by atoms with Gasteiger partial charge in [0.1, 0.15) is 0 Å². The lowest BCUT2D eigenvalue weighted by Crippen LogP contribution is -2.53. The van der Waals surface area contributed by atoms with E-state index >= 15 is 0 Å². The molecule has 2 aliphatic heterocycles. The van der Waals surface area contributed by atoms with Crippen molar-refractivity contribution in [2.24, 2.45) is 4.99 Å². The summed E-state index contributed by atoms with van der Waals surface area (Å²) in [6, 6.07) is 21.9. The molecule has 0 aromatic heterocycles. The molecule has 118 valence electrons. The zero-order valence-electron chi connectivity index (χ0n) is 13.4. The van der Waals surface area contributed by atoms with Gasteiger partial charge in [-0.25, -0.2) is 0 Å². The molecule has 4 rings (SSSR count). The molecule has 2 aromatic rings. The fourth-order valence-corrected chi connectivity index (χ4v) is 3.72. The smallest absolute Gasteiger partial charge is 0.197 e. The van der Waals surface area contributed by atoms with Crippen LogP contribution in [0.15, 0.2) is 65.7 Å². The maximum atomic E-state index is 4.87. The minimum Gasteiger partial charge on any atom is -0.343 e. The molecule has 0 amide bonds. The second kappa shape index (κ2) is 6.45. The summed E-state index contributed by atoms with van der Waals surface area (Å²) in [5, 5.41) is 0. The van der Waals surface area contributed by atoms with E-state index in [9.17, 15) is 0 Å². The molecule has 0 N–H and O–H groups in total. The number of nitrogens with zero attached hydrogens (tertiary/aromatic N) is 3. The lowest BCUT2D eigenvalue weighted by Gasteiger charge is -2.45. The zero-order chi connectivity index (χ0) is 15.5. The van der Waals surface area contributed by atoms with Crippen LogP contribution in [0.2, 0.25) is 0 Å². The normalized spacial score (nSPS) is 17.9. The minimum absolute atomic E-state index is 0.247. The van der Waals surface area contributed by atoms with Crippen molar-refractivity contribution in [2.45, 2.75) is 18.9 Å². The van der Waals surface area contributed by atoms with E-state index in [0.717, 1.165) is 26.2 Å². The van der Waals surface area contributed by atoms with Crippen molar-refractivity contribution in [1.29, 1.82) is 0 Å². The molecule has 0 spiro atoms. The Bertz CT molecular complexity index is 626. The van der Waals surface area contributed by atoms with Crippen LogP contribution < -0.4 is 0 Å². The molecule has 0 radical (unpaired) electrons. The Balaban J connectivity index is 1.77. The van der Waals surface area contributed by atoms with Gasteiger partial charge in [0.15, 0.2) is 5.96 Å².